The molecule has 6 heteroatoms. The molecule has 6 nitrogen and oxygen atoms in total. The van der Waals surface area contributed by atoms with Gasteiger partial charge in [-0.2, -0.15) is 5.10 Å². The molecule has 1 amide bonds. The average Bonchev–Trinajstić information content (AvgIpc) is 2.82. The van der Waals surface area contributed by atoms with E-state index in [1.54, 1.807) is 4.90 Å². The van der Waals surface area contributed by atoms with Crippen LogP contribution < -0.4 is 0 Å². The van der Waals surface area contributed by atoms with E-state index in [-0.39, 0.29) is 6.09 Å². The standard InChI is InChI=1S/C16H26N4O2/c1-5-14-13-10-19(16(21)22-4)7-6-15(13)20(17-14)12-8-11(9-12)18(2)3/h11-12H,5-10H2,1-4H3. The number of carbonyl (C=O) groups is 1. The Morgan fingerprint density at radius 3 is 2.73 bits per heavy atom. The van der Waals surface area contributed by atoms with Crippen molar-refractivity contribution >= 4 is 6.09 Å². The van der Waals surface area contributed by atoms with Gasteiger partial charge in [0.1, 0.15) is 0 Å². The molecule has 0 N–H and O–H groups in total. The summed E-state index contributed by atoms with van der Waals surface area (Å²) in [7, 11) is 5.73. The number of rotatable bonds is 3. The number of nitrogens with zero attached hydrogens (tertiary/aromatic N) is 4. The minimum Gasteiger partial charge on any atom is -0.453 e. The molecule has 1 aromatic rings. The highest BCUT2D eigenvalue weighted by atomic mass is 16.5. The first-order chi connectivity index (χ1) is 10.5. The fourth-order valence-electron chi connectivity index (χ4n) is 3.57. The third-order valence-corrected chi connectivity index (χ3v) is 5.10. The summed E-state index contributed by atoms with van der Waals surface area (Å²) in [5.41, 5.74) is 3.71. The minimum absolute atomic E-state index is 0.239. The number of methoxy groups -OCH3 is 1. The lowest BCUT2D eigenvalue weighted by atomic mass is 9.85. The van der Waals surface area contributed by atoms with Gasteiger partial charge in [0.05, 0.1) is 25.4 Å². The van der Waals surface area contributed by atoms with Gasteiger partial charge in [-0.05, 0) is 33.4 Å². The van der Waals surface area contributed by atoms with Crippen LogP contribution in [0.1, 0.15) is 42.8 Å². The van der Waals surface area contributed by atoms with Crippen LogP contribution in [0, 0.1) is 0 Å². The van der Waals surface area contributed by atoms with Gasteiger partial charge >= 0.3 is 6.09 Å². The maximum absolute atomic E-state index is 11.8. The monoisotopic (exact) mass is 306 g/mol. The van der Waals surface area contributed by atoms with Crippen molar-refractivity contribution in [2.24, 2.45) is 0 Å². The Balaban J connectivity index is 1.81. The van der Waals surface area contributed by atoms with Crippen molar-refractivity contribution in [2.75, 3.05) is 27.7 Å². The maximum Gasteiger partial charge on any atom is 0.409 e. The summed E-state index contributed by atoms with van der Waals surface area (Å²) in [6.45, 7) is 3.49. The lowest BCUT2D eigenvalue weighted by Crippen LogP contribution is -2.43. The van der Waals surface area contributed by atoms with Gasteiger partial charge in [-0.15, -0.1) is 0 Å². The van der Waals surface area contributed by atoms with E-state index in [4.69, 9.17) is 9.84 Å². The molecule has 1 aliphatic heterocycles. The van der Waals surface area contributed by atoms with E-state index in [0.29, 0.717) is 18.6 Å². The second-order valence-corrected chi connectivity index (χ2v) is 6.55. The average molecular weight is 306 g/mol. The summed E-state index contributed by atoms with van der Waals surface area (Å²) in [4.78, 5) is 15.8. The van der Waals surface area contributed by atoms with E-state index in [0.717, 1.165) is 25.1 Å². The van der Waals surface area contributed by atoms with Gasteiger partial charge < -0.3 is 14.5 Å². The van der Waals surface area contributed by atoms with Gasteiger partial charge in [-0.3, -0.25) is 4.68 Å². The normalized spacial score (nSPS) is 24.1. The van der Waals surface area contributed by atoms with Gasteiger partial charge in [-0.1, -0.05) is 6.92 Å². The molecule has 1 fully saturated rings. The fourth-order valence-corrected chi connectivity index (χ4v) is 3.57. The topological polar surface area (TPSA) is 50.6 Å². The third-order valence-electron chi connectivity index (χ3n) is 5.10. The highest BCUT2D eigenvalue weighted by Gasteiger charge is 2.36. The van der Waals surface area contributed by atoms with Crippen LogP contribution in [0.3, 0.4) is 0 Å². The molecule has 3 rings (SSSR count). The molecule has 2 heterocycles. The van der Waals surface area contributed by atoms with Crippen LogP contribution in [0.25, 0.3) is 0 Å². The Hall–Kier alpha value is -1.56. The zero-order valence-electron chi connectivity index (χ0n) is 14.0. The number of hydrogen-bond acceptors (Lipinski definition) is 4. The van der Waals surface area contributed by atoms with E-state index < -0.39 is 0 Å². The number of carbonyl (C=O) groups excluding carboxylic acids is 1. The molecular weight excluding hydrogens is 280 g/mol. The molecule has 0 unspecified atom stereocenters. The Morgan fingerprint density at radius 2 is 2.14 bits per heavy atom. The molecule has 1 aromatic heterocycles. The lowest BCUT2D eigenvalue weighted by Gasteiger charge is -2.40. The number of ether oxygens (including phenoxy) is 1. The van der Waals surface area contributed by atoms with Crippen molar-refractivity contribution in [1.82, 2.24) is 19.6 Å². The Labute approximate surface area is 132 Å². The molecule has 122 valence electrons. The minimum atomic E-state index is -0.239. The molecular formula is C16H26N4O2. The van der Waals surface area contributed by atoms with E-state index >= 15 is 0 Å². The molecule has 0 aromatic carbocycles. The second-order valence-electron chi connectivity index (χ2n) is 6.55. The highest BCUT2D eigenvalue weighted by molar-refractivity contribution is 5.68. The second kappa shape index (κ2) is 5.91. The first kappa shape index (κ1) is 15.3. The summed E-state index contributed by atoms with van der Waals surface area (Å²) < 4.78 is 7.11. The van der Waals surface area contributed by atoms with Gasteiger partial charge in [0.2, 0.25) is 0 Å². The largest absolute Gasteiger partial charge is 0.453 e. The van der Waals surface area contributed by atoms with Crippen LogP contribution in [0.2, 0.25) is 0 Å². The van der Waals surface area contributed by atoms with Crippen molar-refractivity contribution < 1.29 is 9.53 Å². The number of aryl methyl sites for hydroxylation is 1. The first-order valence-corrected chi connectivity index (χ1v) is 8.13. The van der Waals surface area contributed by atoms with Gasteiger partial charge in [0, 0.05) is 30.3 Å². The van der Waals surface area contributed by atoms with E-state index in [1.807, 2.05) is 0 Å². The molecule has 0 atom stereocenters. The molecule has 0 saturated heterocycles. The quantitative estimate of drug-likeness (QED) is 0.855. The van der Waals surface area contributed by atoms with Crippen molar-refractivity contribution in [3.63, 3.8) is 0 Å². The summed E-state index contributed by atoms with van der Waals surface area (Å²) in [6.07, 6.45) is 3.89. The number of aromatic nitrogens is 2. The van der Waals surface area contributed by atoms with Gasteiger partial charge in [-0.25, -0.2) is 4.79 Å². The molecule has 0 radical (unpaired) electrons. The zero-order valence-corrected chi connectivity index (χ0v) is 14.0. The summed E-state index contributed by atoms with van der Waals surface area (Å²) in [5, 5.41) is 4.87. The van der Waals surface area contributed by atoms with Crippen molar-refractivity contribution in [3.8, 4) is 0 Å². The fraction of sp³-hybridized carbons (Fsp3) is 0.750. The third kappa shape index (κ3) is 2.49. The Kier molecular flexibility index (Phi) is 4.12. The molecule has 0 bridgehead atoms. The van der Waals surface area contributed by atoms with Crippen LogP contribution in [0.5, 0.6) is 0 Å². The molecule has 0 spiro atoms. The van der Waals surface area contributed by atoms with Crippen LogP contribution in [-0.2, 0) is 24.1 Å². The molecule has 1 saturated carbocycles. The molecule has 1 aliphatic carbocycles. The van der Waals surface area contributed by atoms with Crippen LogP contribution in [-0.4, -0.2) is 59.5 Å². The highest BCUT2D eigenvalue weighted by Crippen LogP contribution is 2.37. The van der Waals surface area contributed by atoms with Gasteiger partial charge in [0.25, 0.3) is 0 Å². The van der Waals surface area contributed by atoms with Crippen LogP contribution in [0.15, 0.2) is 0 Å². The van der Waals surface area contributed by atoms with E-state index in [2.05, 4.69) is 30.6 Å². The summed E-state index contributed by atoms with van der Waals surface area (Å²) in [6, 6.07) is 1.19. The van der Waals surface area contributed by atoms with Crippen LogP contribution in [0.4, 0.5) is 4.79 Å². The zero-order chi connectivity index (χ0) is 15.9. The van der Waals surface area contributed by atoms with Crippen molar-refractivity contribution in [3.05, 3.63) is 17.0 Å². The molecule has 2 aliphatic rings. The lowest BCUT2D eigenvalue weighted by molar-refractivity contribution is 0.111. The predicted molar refractivity (Wildman–Crippen MR) is 83.9 cm³/mol. The van der Waals surface area contributed by atoms with E-state index in [9.17, 15) is 4.79 Å². The number of fused-ring (bicyclic) bond motifs is 1. The van der Waals surface area contributed by atoms with E-state index in [1.165, 1.54) is 31.2 Å². The summed E-state index contributed by atoms with van der Waals surface area (Å²) in [5.74, 6) is 0. The van der Waals surface area contributed by atoms with Crippen molar-refractivity contribution in [2.45, 2.75) is 51.2 Å². The van der Waals surface area contributed by atoms with Crippen LogP contribution >= 0.6 is 0 Å². The summed E-state index contributed by atoms with van der Waals surface area (Å²) >= 11 is 0. The first-order valence-electron chi connectivity index (χ1n) is 8.13. The molecule has 22 heavy (non-hydrogen) atoms. The predicted octanol–water partition coefficient (Wildman–Crippen LogP) is 1.84. The Morgan fingerprint density at radius 1 is 1.41 bits per heavy atom. The number of hydrogen-bond donors (Lipinski definition) is 0. The SMILES string of the molecule is CCc1nn(C2CC(N(C)C)C2)c2c1CN(C(=O)OC)CC2. The smallest absolute Gasteiger partial charge is 0.409 e. The van der Waals surface area contributed by atoms with Crippen molar-refractivity contribution in [1.29, 1.82) is 0 Å². The number of amides is 1. The Bertz CT molecular complexity index is 561. The van der Waals surface area contributed by atoms with Gasteiger partial charge in [0.15, 0.2) is 0 Å². The maximum atomic E-state index is 11.8.